The molecule has 0 unspecified atom stereocenters. The Morgan fingerprint density at radius 1 is 0.917 bits per heavy atom. The van der Waals surface area contributed by atoms with Crippen LogP contribution in [-0.4, -0.2) is 50.6 Å². The molecule has 1 amide bonds. The van der Waals surface area contributed by atoms with Crippen molar-refractivity contribution < 1.29 is 13.9 Å². The summed E-state index contributed by atoms with van der Waals surface area (Å²) in [4.78, 5) is 17.3. The van der Waals surface area contributed by atoms with E-state index in [1.54, 1.807) is 13.2 Å². The Hall–Kier alpha value is -3.38. The Kier molecular flexibility index (Phi) is 9.33. The monoisotopic (exact) mass is 489 g/mol. The number of halogens is 1. The van der Waals surface area contributed by atoms with Crippen molar-refractivity contribution in [3.05, 3.63) is 84.2 Å². The number of piperazine rings is 1. The van der Waals surface area contributed by atoms with Crippen molar-refractivity contribution in [2.75, 3.05) is 44.7 Å². The molecule has 4 rings (SSSR count). The van der Waals surface area contributed by atoms with Gasteiger partial charge in [0.05, 0.1) is 12.8 Å². The highest BCUT2D eigenvalue weighted by atomic mass is 19.1. The molecule has 6 heteroatoms. The maximum absolute atomic E-state index is 13.7. The van der Waals surface area contributed by atoms with Crippen LogP contribution in [0.15, 0.2) is 72.8 Å². The smallest absolute Gasteiger partial charge is 0.220 e. The number of nitrogens with one attached hydrogen (secondary N) is 1. The second kappa shape index (κ2) is 13.1. The summed E-state index contributed by atoms with van der Waals surface area (Å²) in [6.07, 6.45) is 3.56. The van der Waals surface area contributed by atoms with Crippen molar-refractivity contribution in [2.45, 2.75) is 32.2 Å². The summed E-state index contributed by atoms with van der Waals surface area (Å²) < 4.78 is 19.2. The molecule has 3 aromatic rings. The lowest BCUT2D eigenvalue weighted by Gasteiger charge is -2.36. The third-order valence-electron chi connectivity index (χ3n) is 6.81. The van der Waals surface area contributed by atoms with Crippen molar-refractivity contribution in [3.8, 4) is 16.9 Å². The summed E-state index contributed by atoms with van der Waals surface area (Å²) in [5.74, 6) is 0.737. The first kappa shape index (κ1) is 25.7. The molecule has 190 valence electrons. The van der Waals surface area contributed by atoms with E-state index in [1.165, 1.54) is 17.8 Å². The molecule has 5 nitrogen and oxygen atoms in total. The molecule has 0 bridgehead atoms. The standard InChI is InChI=1S/C30H36FN3O2/c1-36-29-15-7-6-14-28(29)34-20-18-33(19-21-34)17-8-2-3-16-30(35)32-23-25-10-4-5-13-27(25)24-11-9-12-26(31)22-24/h4-7,9-15,22H,2-3,8,16-21,23H2,1H3,(H,32,35). The first-order chi connectivity index (χ1) is 17.6. The van der Waals surface area contributed by atoms with E-state index >= 15 is 0 Å². The van der Waals surface area contributed by atoms with Gasteiger partial charge in [0, 0.05) is 39.1 Å². The zero-order valence-corrected chi connectivity index (χ0v) is 21.1. The highest BCUT2D eigenvalue weighted by molar-refractivity contribution is 5.76. The quantitative estimate of drug-likeness (QED) is 0.361. The van der Waals surface area contributed by atoms with Gasteiger partial charge in [0.15, 0.2) is 0 Å². The number of carbonyl (C=O) groups excluding carboxylic acids is 1. The number of nitrogens with zero attached hydrogens (tertiary/aromatic N) is 2. The summed E-state index contributed by atoms with van der Waals surface area (Å²) in [5, 5.41) is 3.03. The molecule has 0 aromatic heterocycles. The van der Waals surface area contributed by atoms with Gasteiger partial charge in [-0.1, -0.05) is 55.0 Å². The summed E-state index contributed by atoms with van der Waals surface area (Å²) >= 11 is 0. The predicted octanol–water partition coefficient (Wildman–Crippen LogP) is 5.50. The van der Waals surface area contributed by atoms with E-state index in [-0.39, 0.29) is 11.7 Å². The average Bonchev–Trinajstić information content (AvgIpc) is 2.92. The fraction of sp³-hybridized carbons (Fsp3) is 0.367. The van der Waals surface area contributed by atoms with E-state index in [9.17, 15) is 9.18 Å². The molecule has 1 saturated heterocycles. The first-order valence-corrected chi connectivity index (χ1v) is 12.8. The number of unbranched alkanes of at least 4 members (excludes halogenated alkanes) is 2. The minimum absolute atomic E-state index is 0.0643. The van der Waals surface area contributed by atoms with Gasteiger partial charge in [0.25, 0.3) is 0 Å². The van der Waals surface area contributed by atoms with Crippen LogP contribution < -0.4 is 15.0 Å². The van der Waals surface area contributed by atoms with Gasteiger partial charge in [-0.2, -0.15) is 0 Å². The molecule has 1 N–H and O–H groups in total. The molecule has 0 atom stereocenters. The van der Waals surface area contributed by atoms with Crippen LogP contribution in [-0.2, 0) is 11.3 Å². The Bertz CT molecular complexity index is 1130. The number of hydrogen-bond donors (Lipinski definition) is 1. The number of hydrogen-bond acceptors (Lipinski definition) is 4. The fourth-order valence-corrected chi connectivity index (χ4v) is 4.80. The second-order valence-corrected chi connectivity index (χ2v) is 9.26. The molecule has 36 heavy (non-hydrogen) atoms. The van der Waals surface area contributed by atoms with Crippen LogP contribution in [0.3, 0.4) is 0 Å². The summed E-state index contributed by atoms with van der Waals surface area (Å²) in [5.41, 5.74) is 3.93. The van der Waals surface area contributed by atoms with Gasteiger partial charge >= 0.3 is 0 Å². The number of benzene rings is 3. The van der Waals surface area contributed by atoms with Crippen molar-refractivity contribution in [2.24, 2.45) is 0 Å². The third-order valence-corrected chi connectivity index (χ3v) is 6.81. The van der Waals surface area contributed by atoms with Crippen LogP contribution in [0.4, 0.5) is 10.1 Å². The van der Waals surface area contributed by atoms with Gasteiger partial charge in [0.1, 0.15) is 11.6 Å². The molecule has 1 heterocycles. The van der Waals surface area contributed by atoms with Crippen LogP contribution in [0.2, 0.25) is 0 Å². The molecule has 1 aliphatic heterocycles. The van der Waals surface area contributed by atoms with E-state index < -0.39 is 0 Å². The van der Waals surface area contributed by atoms with Crippen LogP contribution >= 0.6 is 0 Å². The molecular formula is C30H36FN3O2. The number of para-hydroxylation sites is 2. The highest BCUT2D eigenvalue weighted by Crippen LogP contribution is 2.28. The zero-order chi connectivity index (χ0) is 25.2. The molecule has 1 aliphatic rings. The van der Waals surface area contributed by atoms with E-state index in [0.29, 0.717) is 13.0 Å². The second-order valence-electron chi connectivity index (χ2n) is 9.26. The van der Waals surface area contributed by atoms with E-state index in [4.69, 9.17) is 4.74 Å². The van der Waals surface area contributed by atoms with Crippen molar-refractivity contribution in [1.29, 1.82) is 0 Å². The zero-order valence-electron chi connectivity index (χ0n) is 21.1. The topological polar surface area (TPSA) is 44.8 Å². The Balaban J connectivity index is 1.13. The summed E-state index contributed by atoms with van der Waals surface area (Å²) in [6, 6.07) is 22.6. The van der Waals surface area contributed by atoms with Crippen LogP contribution in [0.1, 0.15) is 31.2 Å². The Labute approximate surface area is 213 Å². The Morgan fingerprint density at radius 3 is 2.50 bits per heavy atom. The summed E-state index contributed by atoms with van der Waals surface area (Å²) in [7, 11) is 1.72. The van der Waals surface area contributed by atoms with E-state index in [2.05, 4.69) is 27.2 Å². The van der Waals surface area contributed by atoms with Gasteiger partial charge < -0.3 is 15.0 Å². The molecule has 0 spiro atoms. The van der Waals surface area contributed by atoms with Gasteiger partial charge in [-0.05, 0) is 60.3 Å². The number of ether oxygens (including phenoxy) is 1. The lowest BCUT2D eigenvalue weighted by Crippen LogP contribution is -2.46. The van der Waals surface area contributed by atoms with Crippen LogP contribution in [0.25, 0.3) is 11.1 Å². The highest BCUT2D eigenvalue weighted by Gasteiger charge is 2.19. The molecule has 0 radical (unpaired) electrons. The maximum atomic E-state index is 13.7. The lowest BCUT2D eigenvalue weighted by atomic mass is 9.99. The van der Waals surface area contributed by atoms with E-state index in [0.717, 1.165) is 74.4 Å². The normalized spacial score (nSPS) is 14.0. The van der Waals surface area contributed by atoms with Crippen molar-refractivity contribution in [3.63, 3.8) is 0 Å². The van der Waals surface area contributed by atoms with Crippen molar-refractivity contribution >= 4 is 11.6 Å². The predicted molar refractivity (Wildman–Crippen MR) is 144 cm³/mol. The minimum Gasteiger partial charge on any atom is -0.495 e. The molecule has 3 aromatic carbocycles. The average molecular weight is 490 g/mol. The Morgan fingerprint density at radius 2 is 1.69 bits per heavy atom. The van der Waals surface area contributed by atoms with Gasteiger partial charge in [-0.15, -0.1) is 0 Å². The van der Waals surface area contributed by atoms with Gasteiger partial charge in [0.2, 0.25) is 5.91 Å². The molecular weight excluding hydrogens is 453 g/mol. The van der Waals surface area contributed by atoms with Gasteiger partial charge in [-0.3, -0.25) is 9.69 Å². The third kappa shape index (κ3) is 7.08. The fourth-order valence-electron chi connectivity index (χ4n) is 4.80. The first-order valence-electron chi connectivity index (χ1n) is 12.8. The molecule has 0 aliphatic carbocycles. The van der Waals surface area contributed by atoms with Gasteiger partial charge in [-0.25, -0.2) is 4.39 Å². The largest absolute Gasteiger partial charge is 0.495 e. The molecule has 1 fully saturated rings. The summed E-state index contributed by atoms with van der Waals surface area (Å²) in [6.45, 7) is 5.61. The minimum atomic E-state index is -0.260. The number of amides is 1. The van der Waals surface area contributed by atoms with Crippen molar-refractivity contribution in [1.82, 2.24) is 10.2 Å². The lowest BCUT2D eigenvalue weighted by molar-refractivity contribution is -0.121. The maximum Gasteiger partial charge on any atom is 0.220 e. The number of carbonyl (C=O) groups is 1. The van der Waals surface area contributed by atoms with E-state index in [1.807, 2.05) is 42.5 Å². The van der Waals surface area contributed by atoms with Crippen LogP contribution in [0, 0.1) is 5.82 Å². The number of methoxy groups -OCH3 is 1. The van der Waals surface area contributed by atoms with Crippen LogP contribution in [0.5, 0.6) is 5.75 Å². The SMILES string of the molecule is COc1ccccc1N1CCN(CCCCCC(=O)NCc2ccccc2-c2cccc(F)c2)CC1. The number of anilines is 1. The number of rotatable bonds is 11. The molecule has 0 saturated carbocycles.